The molecule has 0 aliphatic heterocycles. The molecule has 0 aliphatic rings. The molecule has 28 heavy (non-hydrogen) atoms. The molecule has 0 radical (unpaired) electrons. The number of hydrogen-bond donors (Lipinski definition) is 1. The van der Waals surface area contributed by atoms with E-state index >= 15 is 0 Å². The summed E-state index contributed by atoms with van der Waals surface area (Å²) in [6.07, 6.45) is -0.0805. The van der Waals surface area contributed by atoms with E-state index in [1.807, 2.05) is 49.4 Å². The number of amides is 1. The molecule has 0 saturated carbocycles. The third kappa shape index (κ3) is 5.84. The predicted octanol–water partition coefficient (Wildman–Crippen LogP) is 5.78. The van der Waals surface area contributed by atoms with Crippen LogP contribution in [0.15, 0.2) is 78.9 Å². The van der Waals surface area contributed by atoms with Crippen molar-refractivity contribution in [3.63, 3.8) is 0 Å². The number of benzene rings is 3. The van der Waals surface area contributed by atoms with E-state index in [4.69, 9.17) is 9.47 Å². The Balaban J connectivity index is 1.52. The average molecular weight is 379 g/mol. The highest BCUT2D eigenvalue weighted by atomic mass is 19.1. The second-order valence-electron chi connectivity index (χ2n) is 6.30. The molecule has 4 nitrogen and oxygen atoms in total. The van der Waals surface area contributed by atoms with Gasteiger partial charge in [0.15, 0.2) is 0 Å². The Hall–Kier alpha value is -3.34. The number of rotatable bonds is 7. The molecule has 5 heteroatoms. The van der Waals surface area contributed by atoms with Crippen LogP contribution in [-0.2, 0) is 11.2 Å². The predicted molar refractivity (Wildman–Crippen MR) is 107 cm³/mol. The summed E-state index contributed by atoms with van der Waals surface area (Å²) < 4.78 is 23.8. The zero-order valence-electron chi connectivity index (χ0n) is 15.6. The molecular formula is C23H22FNO3. The van der Waals surface area contributed by atoms with Crippen molar-refractivity contribution in [3.05, 3.63) is 95.8 Å². The van der Waals surface area contributed by atoms with Gasteiger partial charge in [0, 0.05) is 12.1 Å². The number of halogens is 1. The van der Waals surface area contributed by atoms with Gasteiger partial charge >= 0.3 is 6.09 Å². The van der Waals surface area contributed by atoms with Crippen molar-refractivity contribution in [1.29, 1.82) is 0 Å². The summed E-state index contributed by atoms with van der Waals surface area (Å²) in [4.78, 5) is 12.1. The first kappa shape index (κ1) is 19.4. The van der Waals surface area contributed by atoms with Gasteiger partial charge in [-0.25, -0.2) is 9.18 Å². The zero-order valence-corrected chi connectivity index (χ0v) is 15.6. The molecular weight excluding hydrogens is 357 g/mol. The van der Waals surface area contributed by atoms with Crippen LogP contribution in [0.1, 0.15) is 24.5 Å². The maximum Gasteiger partial charge on any atom is 0.414 e. The Morgan fingerprint density at radius 3 is 2.21 bits per heavy atom. The summed E-state index contributed by atoms with van der Waals surface area (Å²) in [6, 6.07) is 23.3. The Kier molecular flexibility index (Phi) is 6.63. The summed E-state index contributed by atoms with van der Waals surface area (Å²) in [5.74, 6) is 0.0843. The standard InChI is InChI=1S/C23H22FNO3/c1-2-22(27-21-14-10-19(24)11-15-21)28-23(26)25-20-12-8-18(9-13-20)16-17-6-4-3-5-7-17/h3-15,22H,2,16H2,1H3,(H,25,26)/t22-/m1/s1. The van der Waals surface area contributed by atoms with E-state index in [0.29, 0.717) is 17.9 Å². The highest BCUT2D eigenvalue weighted by molar-refractivity contribution is 5.84. The van der Waals surface area contributed by atoms with E-state index in [9.17, 15) is 9.18 Å². The van der Waals surface area contributed by atoms with Gasteiger partial charge in [0.2, 0.25) is 6.29 Å². The molecule has 0 unspecified atom stereocenters. The minimum atomic E-state index is -0.761. The maximum atomic E-state index is 13.0. The first-order valence-corrected chi connectivity index (χ1v) is 9.15. The number of ether oxygens (including phenoxy) is 2. The monoisotopic (exact) mass is 379 g/mol. The lowest BCUT2D eigenvalue weighted by Gasteiger charge is -2.18. The van der Waals surface area contributed by atoms with E-state index in [-0.39, 0.29) is 5.82 Å². The van der Waals surface area contributed by atoms with Gasteiger partial charge in [0.1, 0.15) is 11.6 Å². The molecule has 0 spiro atoms. The Bertz CT molecular complexity index is 880. The van der Waals surface area contributed by atoms with Gasteiger partial charge in [-0.2, -0.15) is 0 Å². The molecule has 1 amide bonds. The molecule has 3 aromatic rings. The molecule has 1 atom stereocenters. The third-order valence-electron chi connectivity index (χ3n) is 4.10. The van der Waals surface area contributed by atoms with Crippen molar-refractivity contribution in [2.45, 2.75) is 26.1 Å². The van der Waals surface area contributed by atoms with Crippen molar-refractivity contribution < 1.29 is 18.7 Å². The van der Waals surface area contributed by atoms with Crippen LogP contribution >= 0.6 is 0 Å². The van der Waals surface area contributed by atoms with Gasteiger partial charge < -0.3 is 9.47 Å². The molecule has 1 N–H and O–H groups in total. The van der Waals surface area contributed by atoms with Crippen LogP contribution in [0.2, 0.25) is 0 Å². The summed E-state index contributed by atoms with van der Waals surface area (Å²) in [6.45, 7) is 1.83. The maximum absolute atomic E-state index is 13.0. The van der Waals surface area contributed by atoms with Crippen molar-refractivity contribution in [3.8, 4) is 5.75 Å². The van der Waals surface area contributed by atoms with Crippen LogP contribution in [0.25, 0.3) is 0 Å². The summed E-state index contributed by atoms with van der Waals surface area (Å²) in [7, 11) is 0. The lowest BCUT2D eigenvalue weighted by atomic mass is 10.1. The highest BCUT2D eigenvalue weighted by Gasteiger charge is 2.14. The third-order valence-corrected chi connectivity index (χ3v) is 4.10. The number of hydrogen-bond acceptors (Lipinski definition) is 3. The largest absolute Gasteiger partial charge is 0.455 e. The summed E-state index contributed by atoms with van der Waals surface area (Å²) in [5.41, 5.74) is 3.01. The van der Waals surface area contributed by atoms with Crippen molar-refractivity contribution >= 4 is 11.8 Å². The summed E-state index contributed by atoms with van der Waals surface area (Å²) >= 11 is 0. The normalized spacial score (nSPS) is 11.5. The highest BCUT2D eigenvalue weighted by Crippen LogP contribution is 2.17. The van der Waals surface area contributed by atoms with E-state index in [2.05, 4.69) is 17.4 Å². The quantitative estimate of drug-likeness (QED) is 0.529. The van der Waals surface area contributed by atoms with Crippen molar-refractivity contribution in [1.82, 2.24) is 0 Å². The zero-order chi connectivity index (χ0) is 19.8. The Labute approximate surface area is 163 Å². The fraction of sp³-hybridized carbons (Fsp3) is 0.174. The lowest BCUT2D eigenvalue weighted by Crippen LogP contribution is -2.26. The smallest absolute Gasteiger partial charge is 0.414 e. The van der Waals surface area contributed by atoms with E-state index in [0.717, 1.165) is 12.0 Å². The van der Waals surface area contributed by atoms with E-state index < -0.39 is 12.4 Å². The van der Waals surface area contributed by atoms with Gasteiger partial charge in [-0.1, -0.05) is 49.4 Å². The first-order chi connectivity index (χ1) is 13.6. The topological polar surface area (TPSA) is 47.6 Å². The van der Waals surface area contributed by atoms with Gasteiger partial charge in [0.05, 0.1) is 0 Å². The van der Waals surface area contributed by atoms with Crippen molar-refractivity contribution in [2.75, 3.05) is 5.32 Å². The second-order valence-corrected chi connectivity index (χ2v) is 6.30. The van der Waals surface area contributed by atoms with Crippen molar-refractivity contribution in [2.24, 2.45) is 0 Å². The second kappa shape index (κ2) is 9.55. The van der Waals surface area contributed by atoms with Crippen LogP contribution in [0.4, 0.5) is 14.9 Å². The molecule has 0 heterocycles. The number of carbonyl (C=O) groups is 1. The van der Waals surface area contributed by atoms with E-state index in [1.54, 1.807) is 0 Å². The Morgan fingerprint density at radius 1 is 0.929 bits per heavy atom. The molecule has 0 aliphatic carbocycles. The molecule has 0 saturated heterocycles. The van der Waals surface area contributed by atoms with Gasteiger partial charge in [-0.05, 0) is 53.9 Å². The fourth-order valence-corrected chi connectivity index (χ4v) is 2.66. The summed E-state index contributed by atoms with van der Waals surface area (Å²) in [5, 5.41) is 2.69. The molecule has 3 aromatic carbocycles. The fourth-order valence-electron chi connectivity index (χ4n) is 2.66. The van der Waals surface area contributed by atoms with Gasteiger partial charge in [0.25, 0.3) is 0 Å². The lowest BCUT2D eigenvalue weighted by molar-refractivity contribution is -0.0282. The number of nitrogens with one attached hydrogen (secondary N) is 1. The molecule has 0 bridgehead atoms. The Morgan fingerprint density at radius 2 is 1.57 bits per heavy atom. The van der Waals surface area contributed by atoms with Crippen LogP contribution < -0.4 is 10.1 Å². The molecule has 144 valence electrons. The van der Waals surface area contributed by atoms with Crippen LogP contribution in [0.3, 0.4) is 0 Å². The number of carbonyl (C=O) groups excluding carboxylic acids is 1. The minimum Gasteiger partial charge on any atom is -0.455 e. The van der Waals surface area contributed by atoms with Crippen LogP contribution in [0, 0.1) is 5.82 Å². The average Bonchev–Trinajstić information content (AvgIpc) is 2.71. The SMILES string of the molecule is CC[C@@H](OC(=O)Nc1ccc(Cc2ccccc2)cc1)Oc1ccc(F)cc1. The van der Waals surface area contributed by atoms with Crippen LogP contribution in [-0.4, -0.2) is 12.4 Å². The van der Waals surface area contributed by atoms with Gasteiger partial charge in [-0.15, -0.1) is 0 Å². The molecule has 0 aromatic heterocycles. The van der Waals surface area contributed by atoms with Crippen LogP contribution in [0.5, 0.6) is 5.75 Å². The first-order valence-electron chi connectivity index (χ1n) is 9.15. The molecule has 0 fully saturated rings. The minimum absolute atomic E-state index is 0.352. The number of anilines is 1. The van der Waals surface area contributed by atoms with Gasteiger partial charge in [-0.3, -0.25) is 5.32 Å². The van der Waals surface area contributed by atoms with E-state index in [1.165, 1.54) is 29.8 Å². The molecule has 3 rings (SSSR count).